The van der Waals surface area contributed by atoms with E-state index in [1.165, 1.54) is 5.56 Å². The maximum Gasteiger partial charge on any atom is 0.261 e. The number of amides is 1. The van der Waals surface area contributed by atoms with Crippen LogP contribution in [0.3, 0.4) is 0 Å². The molecule has 0 bridgehead atoms. The van der Waals surface area contributed by atoms with Gasteiger partial charge in [-0.2, -0.15) is 5.26 Å². The maximum atomic E-state index is 12.2. The van der Waals surface area contributed by atoms with E-state index >= 15 is 0 Å². The molecule has 1 heterocycles. The SMILES string of the molecule is N#C/C(=C/c1ccc2c(c1)OCO2)C(=O)NCCCc1ccccc1. The van der Waals surface area contributed by atoms with Crippen molar-refractivity contribution in [2.45, 2.75) is 12.8 Å². The van der Waals surface area contributed by atoms with Crippen molar-refractivity contribution in [2.75, 3.05) is 13.3 Å². The van der Waals surface area contributed by atoms with Gasteiger partial charge in [-0.1, -0.05) is 36.4 Å². The Morgan fingerprint density at radius 2 is 1.96 bits per heavy atom. The minimum atomic E-state index is -0.367. The Hall–Kier alpha value is -3.26. The molecule has 25 heavy (non-hydrogen) atoms. The number of hydrogen-bond acceptors (Lipinski definition) is 4. The third-order valence-electron chi connectivity index (χ3n) is 3.84. The van der Waals surface area contributed by atoms with Crippen LogP contribution in [0.4, 0.5) is 0 Å². The van der Waals surface area contributed by atoms with Crippen LogP contribution in [-0.4, -0.2) is 19.2 Å². The van der Waals surface area contributed by atoms with Gasteiger partial charge < -0.3 is 14.8 Å². The molecule has 0 atom stereocenters. The predicted molar refractivity (Wildman–Crippen MR) is 93.9 cm³/mol. The molecule has 0 aromatic heterocycles. The van der Waals surface area contributed by atoms with E-state index in [0.717, 1.165) is 18.4 Å². The van der Waals surface area contributed by atoms with Crippen molar-refractivity contribution in [3.05, 3.63) is 65.2 Å². The van der Waals surface area contributed by atoms with Crippen molar-refractivity contribution in [1.82, 2.24) is 5.32 Å². The van der Waals surface area contributed by atoms with Gasteiger partial charge in [0, 0.05) is 6.54 Å². The number of nitriles is 1. The highest BCUT2D eigenvalue weighted by atomic mass is 16.7. The summed E-state index contributed by atoms with van der Waals surface area (Å²) in [5.41, 5.74) is 2.02. The van der Waals surface area contributed by atoms with Gasteiger partial charge in [0.1, 0.15) is 11.6 Å². The minimum absolute atomic E-state index is 0.0681. The Bertz CT molecular complexity index is 823. The molecule has 0 saturated heterocycles. The fraction of sp³-hybridized carbons (Fsp3) is 0.200. The molecule has 0 radical (unpaired) electrons. The van der Waals surface area contributed by atoms with Crippen LogP contribution in [0.15, 0.2) is 54.1 Å². The first-order valence-corrected chi connectivity index (χ1v) is 8.10. The normalized spacial score (nSPS) is 12.5. The predicted octanol–water partition coefficient (Wildman–Crippen LogP) is 3.07. The standard InChI is InChI=1S/C20H18N2O3/c21-13-17(11-16-8-9-18-19(12-16)25-14-24-18)20(23)22-10-4-7-15-5-2-1-3-6-15/h1-3,5-6,8-9,11-12H,4,7,10,14H2,(H,22,23)/b17-11-. The molecule has 0 aliphatic carbocycles. The van der Waals surface area contributed by atoms with E-state index in [1.54, 1.807) is 24.3 Å². The first-order valence-electron chi connectivity index (χ1n) is 8.10. The Labute approximate surface area is 146 Å². The number of nitrogens with zero attached hydrogens (tertiary/aromatic N) is 1. The van der Waals surface area contributed by atoms with E-state index in [9.17, 15) is 10.1 Å². The van der Waals surface area contributed by atoms with Gasteiger partial charge in [-0.15, -0.1) is 0 Å². The van der Waals surface area contributed by atoms with E-state index in [4.69, 9.17) is 9.47 Å². The quantitative estimate of drug-likeness (QED) is 0.501. The third-order valence-corrected chi connectivity index (χ3v) is 3.84. The van der Waals surface area contributed by atoms with Crippen LogP contribution in [-0.2, 0) is 11.2 Å². The van der Waals surface area contributed by atoms with Crippen LogP contribution in [0.25, 0.3) is 6.08 Å². The van der Waals surface area contributed by atoms with E-state index in [2.05, 4.69) is 17.4 Å². The molecule has 0 unspecified atom stereocenters. The number of carbonyl (C=O) groups excluding carboxylic acids is 1. The summed E-state index contributed by atoms with van der Waals surface area (Å²) in [6, 6.07) is 17.3. The van der Waals surface area contributed by atoms with Gasteiger partial charge in [-0.25, -0.2) is 0 Å². The molecule has 3 rings (SSSR count). The van der Waals surface area contributed by atoms with Gasteiger partial charge in [-0.3, -0.25) is 4.79 Å². The van der Waals surface area contributed by atoms with Crippen molar-refractivity contribution in [3.63, 3.8) is 0 Å². The highest BCUT2D eigenvalue weighted by Crippen LogP contribution is 2.33. The Morgan fingerprint density at radius 1 is 1.16 bits per heavy atom. The summed E-state index contributed by atoms with van der Waals surface area (Å²) in [4.78, 5) is 12.2. The van der Waals surface area contributed by atoms with Gasteiger partial charge >= 0.3 is 0 Å². The number of benzene rings is 2. The van der Waals surface area contributed by atoms with Crippen LogP contribution in [0.1, 0.15) is 17.5 Å². The van der Waals surface area contributed by atoms with Gasteiger partial charge in [0.25, 0.3) is 5.91 Å². The molecular formula is C20H18N2O3. The summed E-state index contributed by atoms with van der Waals surface area (Å²) in [7, 11) is 0. The molecular weight excluding hydrogens is 316 g/mol. The number of aryl methyl sites for hydroxylation is 1. The lowest BCUT2D eigenvalue weighted by Crippen LogP contribution is -2.25. The van der Waals surface area contributed by atoms with Crippen molar-refractivity contribution in [3.8, 4) is 17.6 Å². The van der Waals surface area contributed by atoms with E-state index in [1.807, 2.05) is 24.3 Å². The average molecular weight is 334 g/mol. The molecule has 1 amide bonds. The second-order valence-electron chi connectivity index (χ2n) is 5.63. The third kappa shape index (κ3) is 4.39. The fourth-order valence-electron chi connectivity index (χ4n) is 2.55. The summed E-state index contributed by atoms with van der Waals surface area (Å²) in [6.45, 7) is 0.712. The monoisotopic (exact) mass is 334 g/mol. The summed E-state index contributed by atoms with van der Waals surface area (Å²) >= 11 is 0. The lowest BCUT2D eigenvalue weighted by Gasteiger charge is -2.05. The van der Waals surface area contributed by atoms with Crippen molar-refractivity contribution in [2.24, 2.45) is 0 Å². The van der Waals surface area contributed by atoms with Gasteiger partial charge in [-0.05, 0) is 42.2 Å². The number of fused-ring (bicyclic) bond motifs is 1. The second-order valence-corrected chi connectivity index (χ2v) is 5.63. The minimum Gasteiger partial charge on any atom is -0.454 e. The van der Waals surface area contributed by atoms with Gasteiger partial charge in [0.05, 0.1) is 0 Å². The van der Waals surface area contributed by atoms with E-state index in [-0.39, 0.29) is 18.3 Å². The van der Waals surface area contributed by atoms with Crippen LogP contribution in [0.2, 0.25) is 0 Å². The van der Waals surface area contributed by atoms with Crippen molar-refractivity contribution >= 4 is 12.0 Å². The zero-order valence-corrected chi connectivity index (χ0v) is 13.7. The van der Waals surface area contributed by atoms with Crippen LogP contribution >= 0.6 is 0 Å². The Balaban J connectivity index is 1.55. The van der Waals surface area contributed by atoms with Crippen LogP contribution < -0.4 is 14.8 Å². The molecule has 0 spiro atoms. The second kappa shape index (κ2) is 8.02. The van der Waals surface area contributed by atoms with Crippen LogP contribution in [0, 0.1) is 11.3 Å². The number of nitrogens with one attached hydrogen (secondary N) is 1. The van der Waals surface area contributed by atoms with Gasteiger partial charge in [0.15, 0.2) is 11.5 Å². The fourth-order valence-corrected chi connectivity index (χ4v) is 2.55. The maximum absolute atomic E-state index is 12.2. The molecule has 1 aliphatic heterocycles. The molecule has 5 nitrogen and oxygen atoms in total. The van der Waals surface area contributed by atoms with Crippen molar-refractivity contribution in [1.29, 1.82) is 5.26 Å². The number of carbonyl (C=O) groups is 1. The lowest BCUT2D eigenvalue weighted by atomic mass is 10.1. The number of rotatable bonds is 6. The average Bonchev–Trinajstić information content (AvgIpc) is 3.11. The van der Waals surface area contributed by atoms with Gasteiger partial charge in [0.2, 0.25) is 6.79 Å². The first kappa shape index (κ1) is 16.6. The van der Waals surface area contributed by atoms with Crippen molar-refractivity contribution < 1.29 is 14.3 Å². The Morgan fingerprint density at radius 3 is 2.76 bits per heavy atom. The molecule has 2 aromatic rings. The highest BCUT2D eigenvalue weighted by Gasteiger charge is 2.14. The Kier molecular flexibility index (Phi) is 5.32. The molecule has 5 heteroatoms. The molecule has 2 aromatic carbocycles. The van der Waals surface area contributed by atoms with E-state index in [0.29, 0.717) is 18.0 Å². The zero-order valence-electron chi connectivity index (χ0n) is 13.7. The number of ether oxygens (including phenoxy) is 2. The highest BCUT2D eigenvalue weighted by molar-refractivity contribution is 6.01. The molecule has 126 valence electrons. The summed E-state index contributed by atoms with van der Waals surface area (Å²) < 4.78 is 10.5. The molecule has 0 saturated carbocycles. The molecule has 1 aliphatic rings. The topological polar surface area (TPSA) is 71.3 Å². The smallest absolute Gasteiger partial charge is 0.261 e. The van der Waals surface area contributed by atoms with E-state index < -0.39 is 0 Å². The summed E-state index contributed by atoms with van der Waals surface area (Å²) in [5, 5.41) is 12.0. The summed E-state index contributed by atoms with van der Waals surface area (Å²) in [6.07, 6.45) is 3.25. The first-order chi connectivity index (χ1) is 12.3. The number of hydrogen-bond donors (Lipinski definition) is 1. The zero-order chi connectivity index (χ0) is 17.5. The summed E-state index contributed by atoms with van der Waals surface area (Å²) in [5.74, 6) is 0.920. The molecule has 1 N–H and O–H groups in total. The molecule has 0 fully saturated rings. The van der Waals surface area contributed by atoms with Crippen LogP contribution in [0.5, 0.6) is 11.5 Å². The lowest BCUT2D eigenvalue weighted by molar-refractivity contribution is -0.117. The largest absolute Gasteiger partial charge is 0.454 e.